The fraction of sp³-hybridized carbons (Fsp3) is 0.294. The molecule has 2 aromatic heterocycles. The zero-order valence-electron chi connectivity index (χ0n) is 14.4. The Labute approximate surface area is 156 Å². The fourth-order valence-electron chi connectivity index (χ4n) is 3.05. The number of carbonyl (C=O) groups excluding carboxylic acids is 1. The first kappa shape index (κ1) is 18.0. The molecule has 1 aliphatic carbocycles. The number of urea groups is 1. The Morgan fingerprint density at radius 3 is 2.75 bits per heavy atom. The number of aromatic nitrogens is 4. The predicted octanol–water partition coefficient (Wildman–Crippen LogP) is 3.16. The predicted molar refractivity (Wildman–Crippen MR) is 91.3 cm³/mol. The van der Waals surface area contributed by atoms with Crippen LogP contribution in [0.15, 0.2) is 35.0 Å². The third kappa shape index (κ3) is 3.82. The van der Waals surface area contributed by atoms with Gasteiger partial charge in [-0.1, -0.05) is 5.16 Å². The zero-order valence-corrected chi connectivity index (χ0v) is 14.4. The summed E-state index contributed by atoms with van der Waals surface area (Å²) in [6.07, 6.45) is -0.596. The minimum absolute atomic E-state index is 0.00416. The lowest BCUT2D eigenvalue weighted by molar-refractivity contribution is -0.159. The van der Waals surface area contributed by atoms with E-state index in [0.717, 1.165) is 24.1 Å². The van der Waals surface area contributed by atoms with Crippen LogP contribution in [0, 0.1) is 0 Å². The number of amides is 2. The normalized spacial score (nSPS) is 16.5. The topological polar surface area (TPSA) is 109 Å². The first-order valence-electron chi connectivity index (χ1n) is 8.48. The van der Waals surface area contributed by atoms with Crippen LogP contribution in [0.1, 0.15) is 23.6 Å². The van der Waals surface area contributed by atoms with Crippen LogP contribution in [0.2, 0.25) is 0 Å². The minimum atomic E-state index is -4.69. The van der Waals surface area contributed by atoms with Gasteiger partial charge in [0, 0.05) is 23.0 Å². The van der Waals surface area contributed by atoms with E-state index in [9.17, 15) is 18.0 Å². The van der Waals surface area contributed by atoms with Crippen LogP contribution in [-0.4, -0.2) is 32.4 Å². The third-order valence-corrected chi connectivity index (χ3v) is 4.42. The summed E-state index contributed by atoms with van der Waals surface area (Å²) in [5.41, 5.74) is 3.02. The summed E-state index contributed by atoms with van der Waals surface area (Å²) in [6.45, 7) is 0. The summed E-state index contributed by atoms with van der Waals surface area (Å²) in [4.78, 5) is 15.5. The molecule has 1 aliphatic rings. The van der Waals surface area contributed by atoms with Gasteiger partial charge in [-0.15, -0.1) is 0 Å². The van der Waals surface area contributed by atoms with Crippen LogP contribution in [0.3, 0.4) is 0 Å². The third-order valence-electron chi connectivity index (χ3n) is 4.42. The number of carbonyl (C=O) groups is 1. The molecule has 0 radical (unpaired) electrons. The van der Waals surface area contributed by atoms with Gasteiger partial charge in [-0.25, -0.2) is 4.79 Å². The van der Waals surface area contributed by atoms with Crippen molar-refractivity contribution in [3.63, 3.8) is 0 Å². The van der Waals surface area contributed by atoms with Crippen LogP contribution >= 0.6 is 0 Å². The van der Waals surface area contributed by atoms with Crippen molar-refractivity contribution in [3.05, 3.63) is 47.6 Å². The maximum Gasteiger partial charge on any atom is 0.471 e. The molecule has 0 bridgehead atoms. The average Bonchev–Trinajstić information content (AvgIpc) is 3.31. The second-order valence-electron chi connectivity index (χ2n) is 6.41. The number of anilines is 1. The number of H-pyrrole nitrogens is 1. The molecule has 0 saturated carbocycles. The molecule has 0 fully saturated rings. The van der Waals surface area contributed by atoms with E-state index in [1.54, 1.807) is 18.3 Å². The number of fused-ring (bicyclic) bond motifs is 1. The van der Waals surface area contributed by atoms with Gasteiger partial charge in [0.1, 0.15) is 0 Å². The zero-order chi connectivity index (χ0) is 19.7. The van der Waals surface area contributed by atoms with Crippen molar-refractivity contribution in [2.75, 3.05) is 5.32 Å². The monoisotopic (exact) mass is 392 g/mol. The molecule has 4 rings (SSSR count). The molecule has 1 atom stereocenters. The number of rotatable bonds is 3. The molecule has 3 N–H and O–H groups in total. The quantitative estimate of drug-likeness (QED) is 0.635. The number of nitrogens with zero attached hydrogens (tertiary/aromatic N) is 3. The van der Waals surface area contributed by atoms with E-state index >= 15 is 0 Å². The standard InChI is InChI=1S/C17H15F3N6O2/c18-17(19,20)15-24-14(26-28-15)9-1-3-11(4-2-9)22-16(27)23-12-5-6-13-10(7-12)8-21-25-13/h1-4,8,12H,5-7H2,(H,21,25)(H2,22,23,27). The fourth-order valence-corrected chi connectivity index (χ4v) is 3.05. The van der Waals surface area contributed by atoms with Crippen molar-refractivity contribution in [3.8, 4) is 11.4 Å². The number of aromatic amines is 1. The molecule has 0 saturated heterocycles. The van der Waals surface area contributed by atoms with Crippen LogP contribution in [0.5, 0.6) is 0 Å². The van der Waals surface area contributed by atoms with Crippen molar-refractivity contribution in [1.82, 2.24) is 25.7 Å². The summed E-state index contributed by atoms with van der Waals surface area (Å²) >= 11 is 0. The summed E-state index contributed by atoms with van der Waals surface area (Å²) in [7, 11) is 0. The van der Waals surface area contributed by atoms with Crippen LogP contribution in [0.4, 0.5) is 23.7 Å². The minimum Gasteiger partial charge on any atom is -0.335 e. The highest BCUT2D eigenvalue weighted by Gasteiger charge is 2.38. The Morgan fingerprint density at radius 1 is 1.25 bits per heavy atom. The van der Waals surface area contributed by atoms with Crippen molar-refractivity contribution < 1.29 is 22.5 Å². The molecule has 0 spiro atoms. The number of hydrogen-bond donors (Lipinski definition) is 3. The van der Waals surface area contributed by atoms with Crippen LogP contribution < -0.4 is 10.6 Å². The largest absolute Gasteiger partial charge is 0.471 e. The van der Waals surface area contributed by atoms with Gasteiger partial charge in [0.25, 0.3) is 0 Å². The van der Waals surface area contributed by atoms with Gasteiger partial charge in [0.2, 0.25) is 5.82 Å². The van der Waals surface area contributed by atoms with Crippen molar-refractivity contribution in [2.24, 2.45) is 0 Å². The smallest absolute Gasteiger partial charge is 0.335 e. The lowest BCUT2D eigenvalue weighted by Crippen LogP contribution is -2.41. The van der Waals surface area contributed by atoms with E-state index < -0.39 is 12.1 Å². The summed E-state index contributed by atoms with van der Waals surface area (Å²) in [5.74, 6) is -1.58. The lowest BCUT2D eigenvalue weighted by Gasteiger charge is -2.23. The van der Waals surface area contributed by atoms with Gasteiger partial charge >= 0.3 is 18.1 Å². The number of halogens is 3. The number of nitrogens with one attached hydrogen (secondary N) is 3. The number of alkyl halides is 3. The highest BCUT2D eigenvalue weighted by molar-refractivity contribution is 5.89. The van der Waals surface area contributed by atoms with E-state index in [1.165, 1.54) is 12.1 Å². The molecule has 8 nitrogen and oxygen atoms in total. The maximum absolute atomic E-state index is 12.5. The Hall–Kier alpha value is -3.37. The Kier molecular flexibility index (Phi) is 4.49. The number of benzene rings is 1. The van der Waals surface area contributed by atoms with Crippen molar-refractivity contribution in [2.45, 2.75) is 31.5 Å². The summed E-state index contributed by atoms with van der Waals surface area (Å²) in [6, 6.07) is 5.74. The van der Waals surface area contributed by atoms with E-state index in [1.807, 2.05) is 0 Å². The molecule has 1 unspecified atom stereocenters. The van der Waals surface area contributed by atoms with Gasteiger partial charge in [-0.3, -0.25) is 5.10 Å². The van der Waals surface area contributed by atoms with Crippen molar-refractivity contribution in [1.29, 1.82) is 0 Å². The van der Waals surface area contributed by atoms with Crippen LogP contribution in [-0.2, 0) is 19.0 Å². The highest BCUT2D eigenvalue weighted by Crippen LogP contribution is 2.29. The highest BCUT2D eigenvalue weighted by atomic mass is 19.4. The number of aryl methyl sites for hydroxylation is 1. The Balaban J connectivity index is 1.35. The van der Waals surface area contributed by atoms with E-state index in [2.05, 4.69) is 35.5 Å². The molecule has 11 heteroatoms. The SMILES string of the molecule is O=C(Nc1ccc(-c2noc(C(F)(F)F)n2)cc1)NC1CCc2[nH]ncc2C1. The van der Waals surface area contributed by atoms with E-state index in [0.29, 0.717) is 17.7 Å². The van der Waals surface area contributed by atoms with E-state index in [-0.39, 0.29) is 17.9 Å². The summed E-state index contributed by atoms with van der Waals surface area (Å²) < 4.78 is 41.8. The molecular formula is C17H15F3N6O2. The first-order valence-corrected chi connectivity index (χ1v) is 8.48. The maximum atomic E-state index is 12.5. The lowest BCUT2D eigenvalue weighted by atomic mass is 9.94. The molecule has 146 valence electrons. The second-order valence-corrected chi connectivity index (χ2v) is 6.41. The Bertz CT molecular complexity index is 979. The average molecular weight is 392 g/mol. The summed E-state index contributed by atoms with van der Waals surface area (Å²) in [5, 5.41) is 15.9. The molecule has 2 amide bonds. The van der Waals surface area contributed by atoms with Gasteiger partial charge < -0.3 is 15.2 Å². The molecule has 28 heavy (non-hydrogen) atoms. The van der Waals surface area contributed by atoms with E-state index in [4.69, 9.17) is 0 Å². The number of hydrogen-bond acceptors (Lipinski definition) is 5. The first-order chi connectivity index (χ1) is 13.4. The molecular weight excluding hydrogens is 377 g/mol. The molecule has 1 aromatic carbocycles. The second kappa shape index (κ2) is 6.98. The Morgan fingerprint density at radius 2 is 2.04 bits per heavy atom. The molecule has 0 aliphatic heterocycles. The van der Waals surface area contributed by atoms with Gasteiger partial charge in [-0.2, -0.15) is 23.3 Å². The van der Waals surface area contributed by atoms with Gasteiger partial charge in [-0.05, 0) is 49.1 Å². The molecule has 3 aromatic rings. The van der Waals surface area contributed by atoms with Crippen molar-refractivity contribution >= 4 is 11.7 Å². The van der Waals surface area contributed by atoms with Gasteiger partial charge in [0.05, 0.1) is 6.20 Å². The van der Waals surface area contributed by atoms with Crippen LogP contribution in [0.25, 0.3) is 11.4 Å². The van der Waals surface area contributed by atoms with Gasteiger partial charge in [0.15, 0.2) is 0 Å². The molecule has 2 heterocycles.